The van der Waals surface area contributed by atoms with Crippen LogP contribution < -0.4 is 0 Å². The van der Waals surface area contributed by atoms with Crippen LogP contribution >= 0.6 is 11.6 Å². The first-order valence-corrected chi connectivity index (χ1v) is 11.9. The first-order chi connectivity index (χ1) is 19.5. The Morgan fingerprint density at radius 2 is 0.732 bits per heavy atom. The van der Waals surface area contributed by atoms with Crippen LogP contribution in [0.5, 0.6) is 0 Å². The van der Waals surface area contributed by atoms with Crippen molar-refractivity contribution < 1.29 is 43.9 Å². The van der Waals surface area contributed by atoms with E-state index in [-0.39, 0.29) is 27.3 Å². The monoisotopic (exact) mass is 596 g/mol. The Morgan fingerprint density at radius 1 is 0.317 bits per heavy atom. The molecule has 208 valence electrons. The molecular formula is C30H11ClF10. The molecule has 0 saturated carbocycles. The van der Waals surface area contributed by atoms with Gasteiger partial charge in [-0.3, -0.25) is 0 Å². The van der Waals surface area contributed by atoms with Crippen molar-refractivity contribution in [3.05, 3.63) is 130 Å². The summed E-state index contributed by atoms with van der Waals surface area (Å²) in [6.07, 6.45) is 0. The molecule has 0 saturated heterocycles. The zero-order valence-corrected chi connectivity index (χ0v) is 20.8. The summed E-state index contributed by atoms with van der Waals surface area (Å²) in [6, 6.07) is 14.8. The van der Waals surface area contributed by atoms with Crippen LogP contribution in [0.25, 0.3) is 44.5 Å². The second kappa shape index (κ2) is 10.6. The minimum absolute atomic E-state index is 0.0200. The first kappa shape index (κ1) is 28.2. The van der Waals surface area contributed by atoms with E-state index < -0.39 is 80.4 Å². The molecule has 0 spiro atoms. The van der Waals surface area contributed by atoms with Gasteiger partial charge < -0.3 is 0 Å². The first-order valence-electron chi connectivity index (χ1n) is 11.5. The van der Waals surface area contributed by atoms with Gasteiger partial charge in [-0.1, -0.05) is 72.3 Å². The van der Waals surface area contributed by atoms with Gasteiger partial charge >= 0.3 is 0 Å². The number of rotatable bonds is 4. The fourth-order valence-electron chi connectivity index (χ4n) is 4.55. The Labute approximate surface area is 230 Å². The smallest absolute Gasteiger partial charge is 0.200 e. The van der Waals surface area contributed by atoms with Gasteiger partial charge in [-0.25, -0.2) is 43.9 Å². The molecule has 0 aromatic heterocycles. The van der Waals surface area contributed by atoms with Crippen molar-refractivity contribution in [3.63, 3.8) is 0 Å². The highest BCUT2D eigenvalue weighted by Crippen LogP contribution is 2.50. The fourth-order valence-corrected chi connectivity index (χ4v) is 4.78. The zero-order valence-electron chi connectivity index (χ0n) is 20.0. The molecule has 0 aliphatic heterocycles. The Morgan fingerprint density at radius 3 is 1.24 bits per heavy atom. The van der Waals surface area contributed by atoms with Crippen molar-refractivity contribution in [1.29, 1.82) is 0 Å². The Bertz CT molecular complexity index is 1790. The maximum atomic E-state index is 15.4. The highest BCUT2D eigenvalue weighted by atomic mass is 35.5. The quantitative estimate of drug-likeness (QED) is 0.110. The molecule has 5 aromatic rings. The molecule has 5 aromatic carbocycles. The lowest BCUT2D eigenvalue weighted by Crippen LogP contribution is -2.09. The lowest BCUT2D eigenvalue weighted by Gasteiger charge is -2.22. The molecule has 0 amide bonds. The molecule has 0 unspecified atom stereocenters. The predicted octanol–water partition coefficient (Wildman–Crippen LogP) is 10.4. The average molecular weight is 597 g/mol. The van der Waals surface area contributed by atoms with E-state index in [2.05, 4.69) is 0 Å². The highest BCUT2D eigenvalue weighted by molar-refractivity contribution is 6.33. The van der Waals surface area contributed by atoms with E-state index in [1.807, 2.05) is 0 Å². The average Bonchev–Trinajstić information content (AvgIpc) is 2.98. The molecule has 0 radical (unpaired) electrons. The van der Waals surface area contributed by atoms with E-state index in [0.29, 0.717) is 0 Å². The van der Waals surface area contributed by atoms with E-state index in [1.54, 1.807) is 0 Å². The van der Waals surface area contributed by atoms with E-state index >= 15 is 17.6 Å². The van der Waals surface area contributed by atoms with Gasteiger partial charge in [0.25, 0.3) is 0 Å². The van der Waals surface area contributed by atoms with Crippen LogP contribution in [-0.4, -0.2) is 0 Å². The topological polar surface area (TPSA) is 0 Å². The Kier molecular flexibility index (Phi) is 7.29. The van der Waals surface area contributed by atoms with E-state index in [1.165, 1.54) is 54.6 Å². The van der Waals surface area contributed by atoms with Crippen molar-refractivity contribution >= 4 is 11.6 Å². The molecule has 11 heteroatoms. The van der Waals surface area contributed by atoms with Gasteiger partial charge in [0.05, 0.1) is 11.1 Å². The fraction of sp³-hybridized carbons (Fsp3) is 0. The molecular weight excluding hydrogens is 586 g/mol. The molecule has 0 aliphatic rings. The van der Waals surface area contributed by atoms with E-state index in [4.69, 9.17) is 11.6 Å². The number of benzene rings is 5. The summed E-state index contributed by atoms with van der Waals surface area (Å²) in [7, 11) is 0. The van der Waals surface area contributed by atoms with Crippen LogP contribution in [0.2, 0.25) is 5.02 Å². The largest absolute Gasteiger partial charge is 0.203 e. The third-order valence-electron chi connectivity index (χ3n) is 6.37. The van der Waals surface area contributed by atoms with Gasteiger partial charge in [-0.15, -0.1) is 0 Å². The predicted molar refractivity (Wildman–Crippen MR) is 133 cm³/mol. The van der Waals surface area contributed by atoms with Gasteiger partial charge in [0, 0.05) is 16.1 Å². The van der Waals surface area contributed by atoms with Crippen molar-refractivity contribution in [2.75, 3.05) is 0 Å². The second-order valence-electron chi connectivity index (χ2n) is 8.65. The maximum Gasteiger partial charge on any atom is 0.200 e. The molecule has 0 bridgehead atoms. The second-order valence-corrected chi connectivity index (χ2v) is 9.05. The number of hydrogen-bond acceptors (Lipinski definition) is 0. The molecule has 0 atom stereocenters. The summed E-state index contributed by atoms with van der Waals surface area (Å²) in [4.78, 5) is 0. The summed E-state index contributed by atoms with van der Waals surface area (Å²) < 4.78 is 146. The van der Waals surface area contributed by atoms with Crippen LogP contribution in [0, 0.1) is 58.2 Å². The summed E-state index contributed by atoms with van der Waals surface area (Å²) in [5, 5.41) is 0.0528. The molecule has 5 rings (SSSR count). The Hall–Kier alpha value is -4.31. The number of halogens is 11. The van der Waals surface area contributed by atoms with Crippen molar-refractivity contribution in [2.24, 2.45) is 0 Å². The molecule has 0 N–H and O–H groups in total. The normalized spacial score (nSPS) is 11.3. The lowest BCUT2D eigenvalue weighted by molar-refractivity contribution is 0.380. The molecule has 41 heavy (non-hydrogen) atoms. The van der Waals surface area contributed by atoms with E-state index in [9.17, 15) is 26.3 Å². The third kappa shape index (κ3) is 4.42. The zero-order chi connectivity index (χ0) is 29.7. The molecule has 0 aliphatic carbocycles. The van der Waals surface area contributed by atoms with Gasteiger partial charge in [-0.05, 0) is 28.3 Å². The Balaban J connectivity index is 2.10. The van der Waals surface area contributed by atoms with Crippen molar-refractivity contribution in [2.45, 2.75) is 0 Å². The van der Waals surface area contributed by atoms with Crippen LogP contribution in [0.3, 0.4) is 0 Å². The number of hydrogen-bond donors (Lipinski definition) is 0. The summed E-state index contributed by atoms with van der Waals surface area (Å²) in [5.41, 5.74) is -5.61. The van der Waals surface area contributed by atoms with Gasteiger partial charge in [0.2, 0.25) is 11.6 Å². The van der Waals surface area contributed by atoms with Crippen molar-refractivity contribution in [1.82, 2.24) is 0 Å². The maximum absolute atomic E-state index is 15.4. The van der Waals surface area contributed by atoms with Crippen LogP contribution in [0.1, 0.15) is 0 Å². The summed E-state index contributed by atoms with van der Waals surface area (Å²) in [5.74, 6) is -24.2. The summed E-state index contributed by atoms with van der Waals surface area (Å²) in [6.45, 7) is 0. The lowest BCUT2D eigenvalue weighted by atomic mass is 9.82. The van der Waals surface area contributed by atoms with Crippen LogP contribution in [0.15, 0.2) is 66.7 Å². The van der Waals surface area contributed by atoms with Crippen LogP contribution in [-0.2, 0) is 0 Å². The van der Waals surface area contributed by atoms with Gasteiger partial charge in [-0.2, -0.15) is 0 Å². The van der Waals surface area contributed by atoms with E-state index in [0.717, 1.165) is 12.1 Å². The highest BCUT2D eigenvalue weighted by Gasteiger charge is 2.34. The van der Waals surface area contributed by atoms with Gasteiger partial charge in [0.15, 0.2) is 46.5 Å². The standard InChI is InChI=1S/C30H11ClF10/c31-16-9-5-4-8-13(16)14-10-11-15(19-21(32)25(36)29(40)26(37)22(19)33)18(17(14)12-6-2-1-3-7-12)20-23(34)27(38)30(41)28(39)24(20)35/h1-11H. The molecule has 0 fully saturated rings. The SMILES string of the molecule is Fc1c(F)c(F)c(-c2ccc(-c3ccccc3Cl)c(-c3ccccc3)c2-c2c(F)c(F)c(F)c(F)c2F)c(F)c1F. The minimum Gasteiger partial charge on any atom is -0.203 e. The van der Waals surface area contributed by atoms with Crippen LogP contribution in [0.4, 0.5) is 43.9 Å². The molecule has 0 nitrogen and oxygen atoms in total. The summed E-state index contributed by atoms with van der Waals surface area (Å²) >= 11 is 6.34. The minimum atomic E-state index is -2.52. The van der Waals surface area contributed by atoms with Crippen molar-refractivity contribution in [3.8, 4) is 44.5 Å². The molecule has 0 heterocycles. The third-order valence-corrected chi connectivity index (χ3v) is 6.70. The van der Waals surface area contributed by atoms with Gasteiger partial charge in [0.1, 0.15) is 0 Å².